The molecular formula is C7H6N3O4S+. The van der Waals surface area contributed by atoms with Gasteiger partial charge in [-0.3, -0.25) is 0 Å². The van der Waals surface area contributed by atoms with Crippen molar-refractivity contribution in [1.29, 1.82) is 5.53 Å². The molecule has 78 valence electrons. The molecule has 0 aliphatic heterocycles. The fourth-order valence-corrected chi connectivity index (χ4v) is 1.85. The van der Waals surface area contributed by atoms with Gasteiger partial charge in [0.05, 0.1) is 5.56 Å². The van der Waals surface area contributed by atoms with Crippen molar-refractivity contribution in [3.8, 4) is 0 Å². The molecular weight excluding hydrogens is 222 g/mol. The second-order valence-electron chi connectivity index (χ2n) is 2.46. The van der Waals surface area contributed by atoms with Crippen LogP contribution in [0.3, 0.4) is 0 Å². The number of carboxylic acid groups (broad SMARTS) is 1. The fourth-order valence-electron chi connectivity index (χ4n) is 0.966. The Labute approximate surface area is 84.6 Å². The Morgan fingerprint density at radius 1 is 1.40 bits per heavy atom. The van der Waals surface area contributed by atoms with Crippen molar-refractivity contribution < 1.29 is 18.3 Å². The largest absolute Gasteiger partial charge is 0.478 e. The molecule has 0 aliphatic carbocycles. The number of nitrogens with one attached hydrogen (secondary N) is 1. The van der Waals surface area contributed by atoms with E-state index in [1.807, 2.05) is 0 Å². The summed E-state index contributed by atoms with van der Waals surface area (Å²) in [6.07, 6.45) is 0. The Balaban J connectivity index is 3.51. The normalized spacial score (nSPS) is 10.4. The highest BCUT2D eigenvalue weighted by molar-refractivity contribution is 7.90. The van der Waals surface area contributed by atoms with Gasteiger partial charge in [-0.2, -0.15) is 8.42 Å². The number of aromatic carboxylic acids is 1. The van der Waals surface area contributed by atoms with Gasteiger partial charge in [0.25, 0.3) is 4.52 Å². The standard InChI is InChI=1S/C7H5N3O4S/c8-9-10-15(13,14)6-4-2-1-3-5(6)7(11)12/h1-4,8H/p+1. The highest BCUT2D eigenvalue weighted by atomic mass is 32.2. The molecule has 1 aromatic carbocycles. The van der Waals surface area contributed by atoms with E-state index < -0.39 is 26.5 Å². The maximum atomic E-state index is 11.3. The second kappa shape index (κ2) is 3.99. The van der Waals surface area contributed by atoms with Crippen molar-refractivity contribution >= 4 is 16.0 Å². The van der Waals surface area contributed by atoms with E-state index >= 15 is 0 Å². The molecule has 7 nitrogen and oxygen atoms in total. The van der Waals surface area contributed by atoms with Crippen LogP contribution in [0, 0.1) is 5.53 Å². The zero-order chi connectivity index (χ0) is 11.5. The SMILES string of the molecule is N=[N+]=NS(=O)(=O)c1ccccc1C(=O)O. The molecule has 2 N–H and O–H groups in total. The molecule has 0 fully saturated rings. The van der Waals surface area contributed by atoms with Crippen molar-refractivity contribution in [2.24, 2.45) is 4.52 Å². The fraction of sp³-hybridized carbons (Fsp3) is 0. The molecule has 0 spiro atoms. The maximum Gasteiger partial charge on any atom is 0.356 e. The Bertz CT molecular complexity index is 545. The average Bonchev–Trinajstić information content (AvgIpc) is 2.17. The smallest absolute Gasteiger partial charge is 0.356 e. The van der Waals surface area contributed by atoms with Gasteiger partial charge in [0, 0.05) is 0 Å². The van der Waals surface area contributed by atoms with Crippen molar-refractivity contribution in [2.75, 3.05) is 0 Å². The van der Waals surface area contributed by atoms with E-state index in [0.29, 0.717) is 0 Å². The van der Waals surface area contributed by atoms with Crippen LogP contribution in [0.2, 0.25) is 0 Å². The topological polar surface area (TPSA) is 122 Å². The molecule has 0 atom stereocenters. The number of benzene rings is 1. The Kier molecular flexibility index (Phi) is 2.93. The number of rotatable bonds is 3. The number of hydrogen-bond acceptors (Lipinski definition) is 4. The highest BCUT2D eigenvalue weighted by Gasteiger charge is 2.25. The molecule has 1 rings (SSSR count). The molecule has 0 radical (unpaired) electrons. The summed E-state index contributed by atoms with van der Waals surface area (Å²) in [6.45, 7) is 0. The molecule has 0 bridgehead atoms. The summed E-state index contributed by atoms with van der Waals surface area (Å²) in [5.74, 6) is -1.38. The van der Waals surface area contributed by atoms with E-state index in [0.717, 1.165) is 12.1 Å². The van der Waals surface area contributed by atoms with Crippen LogP contribution in [-0.2, 0) is 10.0 Å². The molecule has 0 saturated carbocycles. The molecule has 0 amide bonds. The first-order chi connectivity index (χ1) is 6.99. The Morgan fingerprint density at radius 2 is 2.00 bits per heavy atom. The molecule has 15 heavy (non-hydrogen) atoms. The minimum absolute atomic E-state index is 0.398. The lowest BCUT2D eigenvalue weighted by molar-refractivity contribution is 0.0692. The predicted octanol–water partition coefficient (Wildman–Crippen LogP) is 0.624. The van der Waals surface area contributed by atoms with Gasteiger partial charge >= 0.3 is 16.0 Å². The number of carbonyl (C=O) groups is 1. The van der Waals surface area contributed by atoms with E-state index in [4.69, 9.17) is 10.6 Å². The van der Waals surface area contributed by atoms with Crippen LogP contribution in [0.1, 0.15) is 10.4 Å². The van der Waals surface area contributed by atoms with Gasteiger partial charge < -0.3 is 5.11 Å². The molecule has 0 heterocycles. The third-order valence-electron chi connectivity index (χ3n) is 1.54. The molecule has 0 aliphatic rings. The minimum atomic E-state index is -4.20. The van der Waals surface area contributed by atoms with Gasteiger partial charge in [-0.15, -0.1) is 0 Å². The van der Waals surface area contributed by atoms with Crippen LogP contribution in [-0.4, -0.2) is 19.5 Å². The lowest BCUT2D eigenvalue weighted by Crippen LogP contribution is -2.06. The zero-order valence-corrected chi connectivity index (χ0v) is 8.10. The van der Waals surface area contributed by atoms with Crippen molar-refractivity contribution in [3.05, 3.63) is 29.8 Å². The summed E-state index contributed by atoms with van der Waals surface area (Å²) in [7, 11) is -4.20. The minimum Gasteiger partial charge on any atom is -0.478 e. The zero-order valence-electron chi connectivity index (χ0n) is 7.28. The molecule has 8 heteroatoms. The summed E-state index contributed by atoms with van der Waals surface area (Å²) < 4.78 is 25.3. The lowest BCUT2D eigenvalue weighted by Gasteiger charge is -1.98. The highest BCUT2D eigenvalue weighted by Crippen LogP contribution is 2.17. The van der Waals surface area contributed by atoms with Crippen LogP contribution in [0.4, 0.5) is 0 Å². The van der Waals surface area contributed by atoms with E-state index in [-0.39, 0.29) is 0 Å². The van der Waals surface area contributed by atoms with Gasteiger partial charge in [0.15, 0.2) is 0 Å². The van der Waals surface area contributed by atoms with Gasteiger partial charge in [-0.1, -0.05) is 12.1 Å². The van der Waals surface area contributed by atoms with E-state index in [1.165, 1.54) is 12.1 Å². The molecule has 1 aromatic rings. The van der Waals surface area contributed by atoms with Crippen molar-refractivity contribution in [2.45, 2.75) is 4.90 Å². The Morgan fingerprint density at radius 3 is 2.53 bits per heavy atom. The van der Waals surface area contributed by atoms with Crippen molar-refractivity contribution in [3.63, 3.8) is 0 Å². The van der Waals surface area contributed by atoms with Gasteiger partial charge in [0.1, 0.15) is 10.4 Å². The van der Waals surface area contributed by atoms with Crippen LogP contribution < -0.4 is 4.91 Å². The number of hydrogen-bond donors (Lipinski definition) is 2. The van der Waals surface area contributed by atoms with Gasteiger partial charge in [-0.05, 0) is 12.1 Å². The monoisotopic (exact) mass is 228 g/mol. The first-order valence-corrected chi connectivity index (χ1v) is 5.09. The van der Waals surface area contributed by atoms with Crippen LogP contribution in [0.25, 0.3) is 0 Å². The first kappa shape index (κ1) is 11.0. The van der Waals surface area contributed by atoms with E-state index in [1.54, 1.807) is 0 Å². The number of nitrogens with zero attached hydrogens (tertiary/aromatic N) is 2. The summed E-state index contributed by atoms with van der Waals surface area (Å²) in [6, 6.07) is 4.97. The molecule has 0 unspecified atom stereocenters. The lowest BCUT2D eigenvalue weighted by atomic mass is 10.2. The van der Waals surface area contributed by atoms with Crippen molar-refractivity contribution in [1.82, 2.24) is 4.91 Å². The summed E-state index contributed by atoms with van der Waals surface area (Å²) in [5.41, 5.74) is 5.92. The van der Waals surface area contributed by atoms with E-state index in [2.05, 4.69) is 9.43 Å². The number of carboxylic acids is 1. The number of sulfonamides is 1. The predicted molar refractivity (Wildman–Crippen MR) is 47.9 cm³/mol. The summed E-state index contributed by atoms with van der Waals surface area (Å²) in [5, 5.41) is 8.71. The second-order valence-corrected chi connectivity index (χ2v) is 4.01. The van der Waals surface area contributed by atoms with Gasteiger partial charge in [0.2, 0.25) is 4.91 Å². The van der Waals surface area contributed by atoms with Crippen LogP contribution >= 0.6 is 0 Å². The maximum absolute atomic E-state index is 11.3. The van der Waals surface area contributed by atoms with Gasteiger partial charge in [-0.25, -0.2) is 4.79 Å². The third kappa shape index (κ3) is 2.25. The average molecular weight is 228 g/mol. The quantitative estimate of drug-likeness (QED) is 0.581. The summed E-state index contributed by atoms with van der Waals surface area (Å²) >= 11 is 0. The Hall–Kier alpha value is -2.05. The third-order valence-corrected chi connectivity index (χ3v) is 2.75. The molecule has 0 aromatic heterocycles. The van der Waals surface area contributed by atoms with Crippen LogP contribution in [0.5, 0.6) is 0 Å². The van der Waals surface area contributed by atoms with Crippen LogP contribution in [0.15, 0.2) is 33.7 Å². The summed E-state index contributed by atoms with van der Waals surface area (Å²) in [4.78, 5) is 12.6. The molecule has 0 saturated heterocycles. The first-order valence-electron chi connectivity index (χ1n) is 3.65. The van der Waals surface area contributed by atoms with E-state index in [9.17, 15) is 13.2 Å².